The van der Waals surface area contributed by atoms with Crippen molar-refractivity contribution in [1.82, 2.24) is 9.80 Å². The molecular formula is C21H34N2O3. The van der Waals surface area contributed by atoms with Crippen LogP contribution in [0.2, 0.25) is 0 Å². The van der Waals surface area contributed by atoms with Gasteiger partial charge in [0.2, 0.25) is 11.8 Å². The zero-order valence-electron chi connectivity index (χ0n) is 16.7. The van der Waals surface area contributed by atoms with Crippen LogP contribution in [0.3, 0.4) is 0 Å². The summed E-state index contributed by atoms with van der Waals surface area (Å²) in [6.45, 7) is 9.76. The van der Waals surface area contributed by atoms with Crippen molar-refractivity contribution in [3.05, 3.63) is 35.4 Å². The number of rotatable bonds is 11. The molecule has 0 spiro atoms. The average molecular weight is 363 g/mol. The number of nitrogens with zero attached hydrogens (tertiary/aromatic N) is 2. The van der Waals surface area contributed by atoms with E-state index in [1.165, 1.54) is 5.56 Å². The van der Waals surface area contributed by atoms with Crippen LogP contribution in [0.4, 0.5) is 0 Å². The van der Waals surface area contributed by atoms with E-state index in [4.69, 9.17) is 5.11 Å². The maximum Gasteiger partial charge on any atom is 0.222 e. The van der Waals surface area contributed by atoms with E-state index in [1.807, 2.05) is 6.92 Å². The molecule has 1 aromatic rings. The van der Waals surface area contributed by atoms with Crippen LogP contribution in [0, 0.1) is 0 Å². The molecule has 1 aromatic carbocycles. The van der Waals surface area contributed by atoms with E-state index in [9.17, 15) is 9.59 Å². The molecule has 0 saturated heterocycles. The molecule has 5 nitrogen and oxygen atoms in total. The minimum Gasteiger partial charge on any atom is -0.395 e. The molecule has 26 heavy (non-hydrogen) atoms. The number of carbonyl (C=O) groups is 2. The first-order chi connectivity index (χ1) is 12.5. The van der Waals surface area contributed by atoms with Gasteiger partial charge < -0.3 is 14.9 Å². The van der Waals surface area contributed by atoms with Gasteiger partial charge in [0.05, 0.1) is 6.61 Å². The minimum atomic E-state index is -0.0649. The third-order valence-corrected chi connectivity index (χ3v) is 4.85. The number of hydrogen-bond donors (Lipinski definition) is 1. The summed E-state index contributed by atoms with van der Waals surface area (Å²) in [6.07, 6.45) is 1.94. The van der Waals surface area contributed by atoms with Gasteiger partial charge in [0.15, 0.2) is 0 Å². The Morgan fingerprint density at radius 2 is 1.46 bits per heavy atom. The number of aliphatic hydroxyl groups excluding tert-OH is 1. The average Bonchev–Trinajstić information content (AvgIpc) is 2.68. The van der Waals surface area contributed by atoms with Crippen molar-refractivity contribution in [1.29, 1.82) is 0 Å². The lowest BCUT2D eigenvalue weighted by Gasteiger charge is -2.27. The zero-order chi connectivity index (χ0) is 19.5. The van der Waals surface area contributed by atoms with Crippen LogP contribution >= 0.6 is 0 Å². The maximum atomic E-state index is 12.3. The predicted molar refractivity (Wildman–Crippen MR) is 105 cm³/mol. The smallest absolute Gasteiger partial charge is 0.222 e. The van der Waals surface area contributed by atoms with Crippen LogP contribution in [0.5, 0.6) is 0 Å². The second kappa shape index (κ2) is 11.7. The summed E-state index contributed by atoms with van der Waals surface area (Å²) < 4.78 is 0. The van der Waals surface area contributed by atoms with E-state index in [2.05, 4.69) is 38.1 Å². The zero-order valence-corrected chi connectivity index (χ0v) is 16.7. The SMILES string of the molecule is CCC(=O)N(CCO)CCN(Cc1ccc(C(C)CC)cc1)C(=O)CC. The molecule has 146 valence electrons. The van der Waals surface area contributed by atoms with Crippen LogP contribution in [-0.4, -0.2) is 53.0 Å². The second-order valence-electron chi connectivity index (χ2n) is 6.68. The fourth-order valence-corrected chi connectivity index (χ4v) is 2.87. The Hall–Kier alpha value is -1.88. The highest BCUT2D eigenvalue weighted by Crippen LogP contribution is 2.19. The largest absolute Gasteiger partial charge is 0.395 e. The fourth-order valence-electron chi connectivity index (χ4n) is 2.87. The van der Waals surface area contributed by atoms with E-state index in [-0.39, 0.29) is 18.4 Å². The minimum absolute atomic E-state index is 0.000790. The lowest BCUT2D eigenvalue weighted by molar-refractivity contribution is -0.135. The highest BCUT2D eigenvalue weighted by Gasteiger charge is 2.16. The molecule has 1 N–H and O–H groups in total. The number of hydrogen-bond acceptors (Lipinski definition) is 3. The molecule has 0 aliphatic heterocycles. The second-order valence-corrected chi connectivity index (χ2v) is 6.68. The van der Waals surface area contributed by atoms with Crippen molar-refractivity contribution < 1.29 is 14.7 Å². The number of benzene rings is 1. The van der Waals surface area contributed by atoms with E-state index in [0.717, 1.165) is 12.0 Å². The fraction of sp³-hybridized carbons (Fsp3) is 0.619. The van der Waals surface area contributed by atoms with Gasteiger partial charge in [-0.1, -0.05) is 52.0 Å². The Bertz CT molecular complexity index is 557. The van der Waals surface area contributed by atoms with Gasteiger partial charge in [-0.3, -0.25) is 9.59 Å². The van der Waals surface area contributed by atoms with Crippen molar-refractivity contribution in [2.75, 3.05) is 26.2 Å². The van der Waals surface area contributed by atoms with Gasteiger partial charge in [0.1, 0.15) is 0 Å². The Morgan fingerprint density at radius 1 is 0.923 bits per heavy atom. The first-order valence-electron chi connectivity index (χ1n) is 9.71. The van der Waals surface area contributed by atoms with Crippen molar-refractivity contribution >= 4 is 11.8 Å². The Balaban J connectivity index is 2.77. The number of carbonyl (C=O) groups excluding carboxylic acids is 2. The van der Waals surface area contributed by atoms with Crippen molar-refractivity contribution in [2.45, 2.75) is 59.4 Å². The Kier molecular flexibility index (Phi) is 9.96. The molecule has 0 radical (unpaired) electrons. The van der Waals surface area contributed by atoms with Gasteiger partial charge in [0, 0.05) is 39.0 Å². The van der Waals surface area contributed by atoms with E-state index in [0.29, 0.717) is 44.9 Å². The van der Waals surface area contributed by atoms with Crippen molar-refractivity contribution in [3.8, 4) is 0 Å². The molecule has 0 aliphatic carbocycles. The summed E-state index contributed by atoms with van der Waals surface area (Å²) in [6, 6.07) is 8.44. The first kappa shape index (κ1) is 22.2. The standard InChI is InChI=1S/C21H34N2O3/c1-5-17(4)19-10-8-18(9-11-19)16-23(21(26)7-3)13-12-22(14-15-24)20(25)6-2/h8-11,17,24H,5-7,12-16H2,1-4H3. The molecule has 0 aromatic heterocycles. The van der Waals surface area contributed by atoms with E-state index >= 15 is 0 Å². The van der Waals surface area contributed by atoms with Gasteiger partial charge in [-0.05, 0) is 23.5 Å². The highest BCUT2D eigenvalue weighted by atomic mass is 16.3. The quantitative estimate of drug-likeness (QED) is 0.658. The van der Waals surface area contributed by atoms with Gasteiger partial charge in [-0.15, -0.1) is 0 Å². The molecule has 5 heteroatoms. The summed E-state index contributed by atoms with van der Waals surface area (Å²) in [5.41, 5.74) is 2.40. The molecule has 2 amide bonds. The van der Waals surface area contributed by atoms with Crippen molar-refractivity contribution in [3.63, 3.8) is 0 Å². The number of aliphatic hydroxyl groups is 1. The molecule has 0 heterocycles. The first-order valence-corrected chi connectivity index (χ1v) is 9.71. The Morgan fingerprint density at radius 3 is 1.96 bits per heavy atom. The third-order valence-electron chi connectivity index (χ3n) is 4.85. The lowest BCUT2D eigenvalue weighted by atomic mass is 9.97. The van der Waals surface area contributed by atoms with Gasteiger partial charge in [-0.25, -0.2) is 0 Å². The van der Waals surface area contributed by atoms with Crippen LogP contribution < -0.4 is 0 Å². The normalized spacial score (nSPS) is 11.9. The van der Waals surface area contributed by atoms with Crippen LogP contribution in [0.25, 0.3) is 0 Å². The molecule has 0 bridgehead atoms. The van der Waals surface area contributed by atoms with E-state index in [1.54, 1.807) is 16.7 Å². The molecule has 1 unspecified atom stereocenters. The van der Waals surface area contributed by atoms with Crippen LogP contribution in [0.15, 0.2) is 24.3 Å². The number of amides is 2. The maximum absolute atomic E-state index is 12.3. The Labute approximate surface area is 158 Å². The topological polar surface area (TPSA) is 60.9 Å². The molecule has 0 fully saturated rings. The third kappa shape index (κ3) is 6.79. The van der Waals surface area contributed by atoms with Crippen LogP contribution in [0.1, 0.15) is 64.0 Å². The summed E-state index contributed by atoms with van der Waals surface area (Å²) >= 11 is 0. The van der Waals surface area contributed by atoms with Gasteiger partial charge in [0.25, 0.3) is 0 Å². The molecule has 0 saturated carbocycles. The van der Waals surface area contributed by atoms with Gasteiger partial charge in [-0.2, -0.15) is 0 Å². The van der Waals surface area contributed by atoms with E-state index < -0.39 is 0 Å². The molecule has 0 aliphatic rings. The molecular weight excluding hydrogens is 328 g/mol. The monoisotopic (exact) mass is 362 g/mol. The summed E-state index contributed by atoms with van der Waals surface area (Å²) in [5.74, 6) is 0.606. The predicted octanol–water partition coefficient (Wildman–Crippen LogP) is 3.17. The van der Waals surface area contributed by atoms with Crippen LogP contribution in [-0.2, 0) is 16.1 Å². The molecule has 1 rings (SSSR count). The lowest BCUT2D eigenvalue weighted by Crippen LogP contribution is -2.41. The van der Waals surface area contributed by atoms with Gasteiger partial charge >= 0.3 is 0 Å². The molecule has 1 atom stereocenters. The highest BCUT2D eigenvalue weighted by molar-refractivity contribution is 5.77. The summed E-state index contributed by atoms with van der Waals surface area (Å²) in [7, 11) is 0. The van der Waals surface area contributed by atoms with Crippen molar-refractivity contribution in [2.24, 2.45) is 0 Å². The summed E-state index contributed by atoms with van der Waals surface area (Å²) in [4.78, 5) is 27.7. The summed E-state index contributed by atoms with van der Waals surface area (Å²) in [5, 5.41) is 9.15.